The predicted molar refractivity (Wildman–Crippen MR) is 168 cm³/mol. The SMILES string of the molecule is Cc1cc(O)c(C)c(C(=O)NC(Cc2ccccc2)C(O)C(=O)N2C[C@@](C)(O)C(C)(C)[C@H]2C(=O)NCc2ccccc2C)c1. The maximum atomic E-state index is 14.1. The Labute approximate surface area is 258 Å². The van der Waals surface area contributed by atoms with E-state index in [1.807, 2.05) is 61.5 Å². The normalized spacial score (nSPS) is 20.5. The van der Waals surface area contributed by atoms with E-state index in [9.17, 15) is 29.7 Å². The van der Waals surface area contributed by atoms with Gasteiger partial charge in [0.1, 0.15) is 11.8 Å². The van der Waals surface area contributed by atoms with Gasteiger partial charge in [0, 0.05) is 23.1 Å². The molecule has 3 aromatic carbocycles. The number of hydrogen-bond donors (Lipinski definition) is 5. The number of benzene rings is 3. The first-order valence-electron chi connectivity index (χ1n) is 14.8. The Hall–Kier alpha value is -4.21. The fourth-order valence-electron chi connectivity index (χ4n) is 5.85. The number of aliphatic hydroxyl groups excluding tert-OH is 1. The highest BCUT2D eigenvalue weighted by atomic mass is 16.3. The zero-order chi connectivity index (χ0) is 32.4. The number of aliphatic hydroxyl groups is 2. The lowest BCUT2D eigenvalue weighted by Gasteiger charge is -2.36. The minimum absolute atomic E-state index is 0.0348. The van der Waals surface area contributed by atoms with E-state index in [-0.39, 0.29) is 30.8 Å². The first-order valence-corrected chi connectivity index (χ1v) is 14.8. The fraction of sp³-hybridized carbons (Fsp3) is 0.400. The molecule has 2 unspecified atom stereocenters. The maximum absolute atomic E-state index is 14.1. The number of carbonyl (C=O) groups excluding carboxylic acids is 3. The van der Waals surface area contributed by atoms with Gasteiger partial charge in [-0.2, -0.15) is 0 Å². The molecule has 4 atom stereocenters. The molecule has 1 saturated heterocycles. The van der Waals surface area contributed by atoms with E-state index >= 15 is 0 Å². The number of nitrogens with zero attached hydrogens (tertiary/aromatic N) is 1. The third kappa shape index (κ3) is 6.64. The summed E-state index contributed by atoms with van der Waals surface area (Å²) in [5.41, 5.74) is 1.46. The summed E-state index contributed by atoms with van der Waals surface area (Å²) in [6, 6.07) is 17.8. The lowest BCUT2D eigenvalue weighted by Crippen LogP contribution is -2.57. The van der Waals surface area contributed by atoms with Crippen LogP contribution in [0.15, 0.2) is 66.7 Å². The van der Waals surface area contributed by atoms with Gasteiger partial charge in [0.05, 0.1) is 18.2 Å². The molecule has 4 rings (SSSR count). The van der Waals surface area contributed by atoms with Crippen molar-refractivity contribution in [3.05, 3.63) is 100 Å². The average molecular weight is 602 g/mol. The number of hydrogen-bond acceptors (Lipinski definition) is 6. The van der Waals surface area contributed by atoms with Crippen LogP contribution in [-0.4, -0.2) is 68.3 Å². The molecule has 1 aliphatic heterocycles. The predicted octanol–water partition coefficient (Wildman–Crippen LogP) is 3.32. The maximum Gasteiger partial charge on any atom is 0.254 e. The second-order valence-electron chi connectivity index (χ2n) is 12.7. The topological polar surface area (TPSA) is 139 Å². The Kier molecular flexibility index (Phi) is 9.51. The van der Waals surface area contributed by atoms with E-state index in [1.54, 1.807) is 46.8 Å². The van der Waals surface area contributed by atoms with E-state index in [0.29, 0.717) is 11.1 Å². The van der Waals surface area contributed by atoms with Crippen LogP contribution in [-0.2, 0) is 22.6 Å². The smallest absolute Gasteiger partial charge is 0.254 e. The molecule has 0 bridgehead atoms. The third-order valence-electron chi connectivity index (χ3n) is 9.13. The number of rotatable bonds is 9. The number of carbonyl (C=O) groups is 3. The molecule has 0 aliphatic carbocycles. The Morgan fingerprint density at radius 1 is 0.977 bits per heavy atom. The molecule has 5 N–H and O–H groups in total. The van der Waals surface area contributed by atoms with E-state index in [1.165, 1.54) is 4.90 Å². The molecule has 0 radical (unpaired) electrons. The van der Waals surface area contributed by atoms with Crippen LogP contribution in [0, 0.1) is 26.2 Å². The standard InChI is InChI=1S/C35H43N3O6/c1-21-16-26(23(3)28(39)17-21)31(41)37-27(18-24-13-8-7-9-14-24)29(40)33(43)38-20-35(6,44)34(4,5)30(38)32(42)36-19-25-15-11-10-12-22(25)2/h7-17,27,29-30,39-40,44H,18-20H2,1-6H3,(H,36,42)(H,37,41)/t27?,29?,30-,35-/m1/s1. The summed E-state index contributed by atoms with van der Waals surface area (Å²) in [7, 11) is 0. The number of likely N-dealkylation sites (tertiary alicyclic amines) is 1. The average Bonchev–Trinajstić information content (AvgIpc) is 3.16. The molecule has 1 heterocycles. The highest BCUT2D eigenvalue weighted by Gasteiger charge is 2.60. The Bertz CT molecular complexity index is 1530. The van der Waals surface area contributed by atoms with Gasteiger partial charge in [-0.1, -0.05) is 68.4 Å². The fourth-order valence-corrected chi connectivity index (χ4v) is 5.85. The summed E-state index contributed by atoms with van der Waals surface area (Å²) >= 11 is 0. The van der Waals surface area contributed by atoms with Crippen LogP contribution >= 0.6 is 0 Å². The summed E-state index contributed by atoms with van der Waals surface area (Å²) in [6.07, 6.45) is -1.62. The summed E-state index contributed by atoms with van der Waals surface area (Å²) in [5, 5.41) is 39.0. The number of amides is 3. The second-order valence-corrected chi connectivity index (χ2v) is 12.7. The van der Waals surface area contributed by atoms with Gasteiger partial charge in [0.25, 0.3) is 11.8 Å². The molecule has 9 nitrogen and oxygen atoms in total. The van der Waals surface area contributed by atoms with E-state index < -0.39 is 46.9 Å². The van der Waals surface area contributed by atoms with Crippen LogP contribution < -0.4 is 10.6 Å². The highest BCUT2D eigenvalue weighted by molar-refractivity contribution is 5.97. The Morgan fingerprint density at radius 3 is 2.27 bits per heavy atom. The van der Waals surface area contributed by atoms with Gasteiger partial charge < -0.3 is 30.9 Å². The van der Waals surface area contributed by atoms with Gasteiger partial charge in [0.2, 0.25) is 5.91 Å². The van der Waals surface area contributed by atoms with Crippen LogP contribution in [0.25, 0.3) is 0 Å². The first kappa shape index (κ1) is 32.7. The Morgan fingerprint density at radius 2 is 1.61 bits per heavy atom. The van der Waals surface area contributed by atoms with Gasteiger partial charge in [-0.3, -0.25) is 14.4 Å². The van der Waals surface area contributed by atoms with E-state index in [2.05, 4.69) is 10.6 Å². The molecule has 0 spiro atoms. The zero-order valence-electron chi connectivity index (χ0n) is 26.2. The number of β-amino-alcohol motifs (C(OH)–C–C–N with tert-alkyl or cyclic N) is 1. The van der Waals surface area contributed by atoms with Crippen molar-refractivity contribution in [2.24, 2.45) is 5.41 Å². The van der Waals surface area contributed by atoms with Crippen molar-refractivity contribution < 1.29 is 29.7 Å². The van der Waals surface area contributed by atoms with Gasteiger partial charge >= 0.3 is 0 Å². The number of aromatic hydroxyl groups is 1. The van der Waals surface area contributed by atoms with Crippen molar-refractivity contribution >= 4 is 17.7 Å². The van der Waals surface area contributed by atoms with Crippen molar-refractivity contribution in [1.82, 2.24) is 15.5 Å². The van der Waals surface area contributed by atoms with Crippen LogP contribution in [0.4, 0.5) is 0 Å². The van der Waals surface area contributed by atoms with Crippen LogP contribution in [0.2, 0.25) is 0 Å². The van der Waals surface area contributed by atoms with Crippen molar-refractivity contribution in [2.45, 2.75) is 78.3 Å². The largest absolute Gasteiger partial charge is 0.508 e. The molecule has 1 fully saturated rings. The summed E-state index contributed by atoms with van der Waals surface area (Å²) in [5.74, 6) is -1.83. The molecule has 0 aromatic heterocycles. The molecular formula is C35H43N3O6. The quantitative estimate of drug-likeness (QED) is 0.255. The third-order valence-corrected chi connectivity index (χ3v) is 9.13. The minimum atomic E-state index is -1.74. The van der Waals surface area contributed by atoms with E-state index in [0.717, 1.165) is 16.7 Å². The monoisotopic (exact) mass is 601 g/mol. The van der Waals surface area contributed by atoms with E-state index in [4.69, 9.17) is 0 Å². The summed E-state index contributed by atoms with van der Waals surface area (Å²) < 4.78 is 0. The molecule has 234 valence electrons. The lowest BCUT2D eigenvalue weighted by molar-refractivity contribution is -0.148. The number of aryl methyl sites for hydroxylation is 2. The molecule has 44 heavy (non-hydrogen) atoms. The lowest BCUT2D eigenvalue weighted by atomic mass is 9.74. The number of phenolic OH excluding ortho intramolecular Hbond substituents is 1. The number of nitrogens with one attached hydrogen (secondary N) is 2. The minimum Gasteiger partial charge on any atom is -0.508 e. The van der Waals surface area contributed by atoms with Crippen molar-refractivity contribution in [1.29, 1.82) is 0 Å². The van der Waals surface area contributed by atoms with Gasteiger partial charge in [0.15, 0.2) is 6.10 Å². The van der Waals surface area contributed by atoms with Crippen molar-refractivity contribution in [2.75, 3.05) is 6.54 Å². The van der Waals surface area contributed by atoms with Gasteiger partial charge in [-0.15, -0.1) is 0 Å². The first-order chi connectivity index (χ1) is 20.6. The van der Waals surface area contributed by atoms with Gasteiger partial charge in [-0.05, 0) is 68.5 Å². The molecule has 3 aromatic rings. The van der Waals surface area contributed by atoms with Crippen LogP contribution in [0.3, 0.4) is 0 Å². The molecule has 9 heteroatoms. The number of phenols is 1. The molecule has 0 saturated carbocycles. The Balaban J connectivity index is 1.63. The zero-order valence-corrected chi connectivity index (χ0v) is 26.2. The van der Waals surface area contributed by atoms with Crippen LogP contribution in [0.5, 0.6) is 5.75 Å². The highest BCUT2D eigenvalue weighted by Crippen LogP contribution is 2.44. The summed E-state index contributed by atoms with van der Waals surface area (Å²) in [4.78, 5) is 42.5. The molecule has 1 aliphatic rings. The van der Waals surface area contributed by atoms with Crippen molar-refractivity contribution in [3.8, 4) is 5.75 Å². The molecule has 3 amide bonds. The summed E-state index contributed by atoms with van der Waals surface area (Å²) in [6.45, 7) is 10.4. The van der Waals surface area contributed by atoms with Crippen molar-refractivity contribution in [3.63, 3.8) is 0 Å². The van der Waals surface area contributed by atoms with Gasteiger partial charge in [-0.25, -0.2) is 0 Å². The second kappa shape index (κ2) is 12.8. The molecular weight excluding hydrogens is 558 g/mol. The van der Waals surface area contributed by atoms with Crippen LogP contribution in [0.1, 0.15) is 58.9 Å².